The first-order chi connectivity index (χ1) is 8.29. The lowest BCUT2D eigenvalue weighted by molar-refractivity contribution is 0.0699. The summed E-state index contributed by atoms with van der Waals surface area (Å²) in [6.45, 7) is 2.62. The molecule has 0 bridgehead atoms. The van der Waals surface area contributed by atoms with Crippen LogP contribution in [0.15, 0.2) is 18.2 Å². The second-order valence-electron chi connectivity index (χ2n) is 4.24. The van der Waals surface area contributed by atoms with Crippen molar-refractivity contribution in [2.45, 2.75) is 12.8 Å². The molecule has 0 saturated carbocycles. The molecule has 1 heterocycles. The normalized spacial score (nSPS) is 16.5. The lowest BCUT2D eigenvalue weighted by atomic mass is 10.0. The number of benzene rings is 1. The maximum atomic E-state index is 8.74. The molecule has 3 nitrogen and oxygen atoms in total. The lowest BCUT2D eigenvalue weighted by Gasteiger charge is -2.22. The molecule has 1 fully saturated rings. The van der Waals surface area contributed by atoms with Gasteiger partial charge in [-0.1, -0.05) is 11.6 Å². The molecule has 1 aromatic rings. The second-order valence-corrected chi connectivity index (χ2v) is 4.65. The van der Waals surface area contributed by atoms with E-state index >= 15 is 0 Å². The molecule has 1 N–H and O–H groups in total. The first kappa shape index (κ1) is 12.2. The number of nitrogens with one attached hydrogen (secondary N) is 1. The molecule has 1 saturated heterocycles. The SMILES string of the molecule is N#Cc1ccc(NCC2CCOCC2)c(Cl)c1. The highest BCUT2D eigenvalue weighted by atomic mass is 35.5. The molecule has 1 aliphatic heterocycles. The van der Waals surface area contributed by atoms with E-state index in [1.165, 1.54) is 0 Å². The van der Waals surface area contributed by atoms with Gasteiger partial charge >= 0.3 is 0 Å². The van der Waals surface area contributed by atoms with Crippen LogP contribution >= 0.6 is 11.6 Å². The number of halogens is 1. The van der Waals surface area contributed by atoms with Crippen molar-refractivity contribution in [1.29, 1.82) is 5.26 Å². The average Bonchev–Trinajstić information content (AvgIpc) is 2.38. The largest absolute Gasteiger partial charge is 0.384 e. The van der Waals surface area contributed by atoms with Gasteiger partial charge in [0.25, 0.3) is 0 Å². The van der Waals surface area contributed by atoms with Gasteiger partial charge in [0, 0.05) is 19.8 Å². The van der Waals surface area contributed by atoms with Crippen LogP contribution in [0.2, 0.25) is 5.02 Å². The van der Waals surface area contributed by atoms with E-state index in [0.29, 0.717) is 16.5 Å². The number of nitrogens with zero attached hydrogens (tertiary/aromatic N) is 1. The van der Waals surface area contributed by atoms with E-state index in [1.54, 1.807) is 12.1 Å². The highest BCUT2D eigenvalue weighted by molar-refractivity contribution is 6.33. The van der Waals surface area contributed by atoms with E-state index in [-0.39, 0.29) is 0 Å². The Hall–Kier alpha value is -1.24. The Morgan fingerprint density at radius 2 is 2.18 bits per heavy atom. The van der Waals surface area contributed by atoms with Gasteiger partial charge < -0.3 is 10.1 Å². The van der Waals surface area contributed by atoms with E-state index in [0.717, 1.165) is 38.3 Å². The number of rotatable bonds is 3. The minimum atomic E-state index is 0.589. The molecule has 0 radical (unpaired) electrons. The lowest BCUT2D eigenvalue weighted by Crippen LogP contribution is -2.22. The molecule has 1 aliphatic rings. The van der Waals surface area contributed by atoms with Crippen LogP contribution in [-0.4, -0.2) is 19.8 Å². The molecule has 17 heavy (non-hydrogen) atoms. The summed E-state index contributed by atoms with van der Waals surface area (Å²) in [5.41, 5.74) is 1.49. The number of nitriles is 1. The second kappa shape index (κ2) is 5.90. The van der Waals surface area contributed by atoms with E-state index in [1.807, 2.05) is 6.07 Å². The zero-order chi connectivity index (χ0) is 12.1. The third-order valence-corrected chi connectivity index (χ3v) is 3.33. The third kappa shape index (κ3) is 3.36. The zero-order valence-corrected chi connectivity index (χ0v) is 10.3. The highest BCUT2D eigenvalue weighted by Gasteiger charge is 2.13. The maximum absolute atomic E-state index is 8.74. The molecule has 0 aromatic heterocycles. The van der Waals surface area contributed by atoms with Crippen molar-refractivity contribution >= 4 is 17.3 Å². The smallest absolute Gasteiger partial charge is 0.0992 e. The third-order valence-electron chi connectivity index (χ3n) is 3.02. The minimum Gasteiger partial charge on any atom is -0.384 e. The van der Waals surface area contributed by atoms with Gasteiger partial charge in [-0.3, -0.25) is 0 Å². The Balaban J connectivity index is 1.92. The monoisotopic (exact) mass is 250 g/mol. The molecule has 0 atom stereocenters. The van der Waals surface area contributed by atoms with Crippen molar-refractivity contribution in [3.63, 3.8) is 0 Å². The predicted octanol–water partition coefficient (Wildman–Crippen LogP) is 3.05. The van der Waals surface area contributed by atoms with Gasteiger partial charge in [0.05, 0.1) is 22.3 Å². The number of ether oxygens (including phenoxy) is 1. The van der Waals surface area contributed by atoms with Crippen LogP contribution in [0.3, 0.4) is 0 Å². The molecule has 0 aliphatic carbocycles. The molecule has 0 amide bonds. The van der Waals surface area contributed by atoms with E-state index in [2.05, 4.69) is 11.4 Å². The van der Waals surface area contributed by atoms with Crippen LogP contribution in [-0.2, 0) is 4.74 Å². The number of anilines is 1. The van der Waals surface area contributed by atoms with Gasteiger partial charge in [-0.05, 0) is 37.0 Å². The topological polar surface area (TPSA) is 45.0 Å². The van der Waals surface area contributed by atoms with Crippen molar-refractivity contribution in [3.8, 4) is 6.07 Å². The molecule has 0 spiro atoms. The number of hydrogen-bond donors (Lipinski definition) is 1. The van der Waals surface area contributed by atoms with E-state index in [4.69, 9.17) is 21.6 Å². The summed E-state index contributed by atoms with van der Waals surface area (Å²) in [6, 6.07) is 7.40. The Bertz CT molecular complexity index is 422. The fraction of sp³-hybridized carbons (Fsp3) is 0.462. The van der Waals surface area contributed by atoms with Gasteiger partial charge in [0.1, 0.15) is 0 Å². The van der Waals surface area contributed by atoms with Crippen LogP contribution in [0.25, 0.3) is 0 Å². The summed E-state index contributed by atoms with van der Waals surface area (Å²) in [5.74, 6) is 0.649. The summed E-state index contributed by atoms with van der Waals surface area (Å²) in [4.78, 5) is 0. The van der Waals surface area contributed by atoms with E-state index in [9.17, 15) is 0 Å². The van der Waals surface area contributed by atoms with Crippen molar-refractivity contribution in [3.05, 3.63) is 28.8 Å². The van der Waals surface area contributed by atoms with E-state index < -0.39 is 0 Å². The summed E-state index contributed by atoms with van der Waals surface area (Å²) in [7, 11) is 0. The molecule has 0 unspecified atom stereocenters. The Kier molecular flexibility index (Phi) is 4.24. The Morgan fingerprint density at radius 1 is 1.41 bits per heavy atom. The van der Waals surface area contributed by atoms with Gasteiger partial charge in [0.15, 0.2) is 0 Å². The maximum Gasteiger partial charge on any atom is 0.0992 e. The standard InChI is InChI=1S/C13H15ClN2O/c14-12-7-11(8-15)1-2-13(12)16-9-10-3-5-17-6-4-10/h1-2,7,10,16H,3-6,9H2. The molecule has 1 aromatic carbocycles. The zero-order valence-electron chi connectivity index (χ0n) is 9.58. The molecule has 90 valence electrons. The van der Waals surface area contributed by atoms with Crippen LogP contribution in [0.1, 0.15) is 18.4 Å². The quantitative estimate of drug-likeness (QED) is 0.897. The van der Waals surface area contributed by atoms with Gasteiger partial charge in [-0.15, -0.1) is 0 Å². The van der Waals surface area contributed by atoms with Gasteiger partial charge in [-0.25, -0.2) is 0 Å². The van der Waals surface area contributed by atoms with Crippen molar-refractivity contribution in [1.82, 2.24) is 0 Å². The summed E-state index contributed by atoms with van der Waals surface area (Å²) in [5, 5.41) is 12.7. The highest BCUT2D eigenvalue weighted by Crippen LogP contribution is 2.24. The summed E-state index contributed by atoms with van der Waals surface area (Å²) >= 11 is 6.09. The number of hydrogen-bond acceptors (Lipinski definition) is 3. The molecule has 2 rings (SSSR count). The average molecular weight is 251 g/mol. The first-order valence-electron chi connectivity index (χ1n) is 5.81. The minimum absolute atomic E-state index is 0.589. The van der Waals surface area contributed by atoms with Gasteiger partial charge in [-0.2, -0.15) is 5.26 Å². The fourth-order valence-corrected chi connectivity index (χ4v) is 2.18. The van der Waals surface area contributed by atoms with Crippen LogP contribution in [0.4, 0.5) is 5.69 Å². The van der Waals surface area contributed by atoms with Crippen LogP contribution < -0.4 is 5.32 Å². The molecular weight excluding hydrogens is 236 g/mol. The Labute approximate surface area is 106 Å². The first-order valence-corrected chi connectivity index (χ1v) is 6.18. The molecular formula is C13H15ClN2O. The van der Waals surface area contributed by atoms with Crippen molar-refractivity contribution in [2.24, 2.45) is 5.92 Å². The molecule has 4 heteroatoms. The van der Waals surface area contributed by atoms with Crippen LogP contribution in [0, 0.1) is 17.2 Å². The van der Waals surface area contributed by atoms with Gasteiger partial charge in [0.2, 0.25) is 0 Å². The van der Waals surface area contributed by atoms with Crippen molar-refractivity contribution in [2.75, 3.05) is 25.1 Å². The summed E-state index contributed by atoms with van der Waals surface area (Å²) < 4.78 is 5.32. The van der Waals surface area contributed by atoms with Crippen LogP contribution in [0.5, 0.6) is 0 Å². The summed E-state index contributed by atoms with van der Waals surface area (Å²) in [6.07, 6.45) is 2.20. The predicted molar refractivity (Wildman–Crippen MR) is 68.2 cm³/mol. The fourth-order valence-electron chi connectivity index (χ4n) is 1.93. The van der Waals surface area contributed by atoms with Crippen molar-refractivity contribution < 1.29 is 4.74 Å². The Morgan fingerprint density at radius 3 is 2.82 bits per heavy atom.